The molecule has 1 heterocycles. The van der Waals surface area contributed by atoms with Crippen LogP contribution in [0.25, 0.3) is 0 Å². The van der Waals surface area contributed by atoms with E-state index in [2.05, 4.69) is 11.8 Å². The molecular weight excluding hydrogens is 270 g/mol. The summed E-state index contributed by atoms with van der Waals surface area (Å²) in [6.07, 6.45) is 2.26. The number of carbonyl (C=O) groups is 2. The van der Waals surface area contributed by atoms with Crippen molar-refractivity contribution < 1.29 is 14.7 Å². The van der Waals surface area contributed by atoms with Gasteiger partial charge in [0.25, 0.3) is 0 Å². The largest absolute Gasteiger partial charge is 0.480 e. The third-order valence-electron chi connectivity index (χ3n) is 4.46. The molecule has 2 amide bonds. The smallest absolute Gasteiger partial charge is 0.329 e. The Morgan fingerprint density at radius 3 is 2.43 bits per heavy atom. The molecule has 0 aromatic heterocycles. The van der Waals surface area contributed by atoms with Crippen molar-refractivity contribution in [2.24, 2.45) is 0 Å². The van der Waals surface area contributed by atoms with E-state index in [-0.39, 0.29) is 6.03 Å². The van der Waals surface area contributed by atoms with Crippen LogP contribution in [-0.4, -0.2) is 76.6 Å². The van der Waals surface area contributed by atoms with Crippen LogP contribution in [0, 0.1) is 0 Å². The summed E-state index contributed by atoms with van der Waals surface area (Å²) in [6, 6.07) is 0.170. The molecule has 0 spiro atoms. The van der Waals surface area contributed by atoms with E-state index in [9.17, 15) is 14.7 Å². The lowest BCUT2D eigenvalue weighted by Gasteiger charge is -2.38. The molecule has 0 aliphatic carbocycles. The van der Waals surface area contributed by atoms with Gasteiger partial charge < -0.3 is 14.9 Å². The van der Waals surface area contributed by atoms with E-state index >= 15 is 0 Å². The molecule has 6 heteroatoms. The Balaban J connectivity index is 2.74. The lowest BCUT2D eigenvalue weighted by Crippen LogP contribution is -2.57. The SMILES string of the molecule is CCN1CCCC1CN(C)C(=O)N(CC)C(C)(C)C(=O)O. The molecular formula is C15H29N3O3. The predicted octanol–water partition coefficient (Wildman–Crippen LogP) is 1.71. The van der Waals surface area contributed by atoms with Crippen LogP contribution in [-0.2, 0) is 4.79 Å². The molecule has 1 fully saturated rings. The second-order valence-corrected chi connectivity index (χ2v) is 6.20. The molecule has 0 saturated carbocycles. The second kappa shape index (κ2) is 7.11. The summed E-state index contributed by atoms with van der Waals surface area (Å²) in [5.74, 6) is -0.984. The number of likely N-dealkylation sites (tertiary alicyclic amines) is 1. The minimum Gasteiger partial charge on any atom is -0.480 e. The van der Waals surface area contributed by atoms with E-state index in [1.54, 1.807) is 25.8 Å². The molecule has 21 heavy (non-hydrogen) atoms. The van der Waals surface area contributed by atoms with Gasteiger partial charge in [0.05, 0.1) is 0 Å². The number of carboxylic acids is 1. The van der Waals surface area contributed by atoms with Gasteiger partial charge in [-0.3, -0.25) is 4.90 Å². The monoisotopic (exact) mass is 299 g/mol. The molecule has 0 aromatic carbocycles. The van der Waals surface area contributed by atoms with E-state index in [1.807, 2.05) is 6.92 Å². The average Bonchev–Trinajstić information content (AvgIpc) is 2.85. The Bertz CT molecular complexity index is 384. The van der Waals surface area contributed by atoms with Crippen LogP contribution in [0.1, 0.15) is 40.5 Å². The standard InChI is InChI=1S/C15H29N3O3/c1-6-17-10-8-9-12(17)11-16(5)14(21)18(7-2)15(3,4)13(19)20/h12H,6-11H2,1-5H3,(H,19,20). The zero-order chi connectivity index (χ0) is 16.2. The lowest BCUT2D eigenvalue weighted by atomic mass is 10.0. The third kappa shape index (κ3) is 3.87. The van der Waals surface area contributed by atoms with Gasteiger partial charge in [-0.2, -0.15) is 0 Å². The summed E-state index contributed by atoms with van der Waals surface area (Å²) in [5, 5.41) is 9.32. The molecule has 1 saturated heterocycles. The Labute approximate surface area is 127 Å². The number of hydrogen-bond donors (Lipinski definition) is 1. The number of amides is 2. The zero-order valence-electron chi connectivity index (χ0n) is 13.9. The molecule has 0 aromatic rings. The van der Waals surface area contributed by atoms with Gasteiger partial charge in [0, 0.05) is 26.2 Å². The second-order valence-electron chi connectivity index (χ2n) is 6.20. The Morgan fingerprint density at radius 1 is 1.33 bits per heavy atom. The number of carbonyl (C=O) groups excluding carboxylic acids is 1. The zero-order valence-corrected chi connectivity index (χ0v) is 13.9. The van der Waals surface area contributed by atoms with Crippen LogP contribution >= 0.6 is 0 Å². The Morgan fingerprint density at radius 2 is 1.95 bits per heavy atom. The molecule has 0 radical (unpaired) electrons. The first-order valence-electron chi connectivity index (χ1n) is 7.75. The summed E-state index contributed by atoms with van der Waals surface area (Å²) >= 11 is 0. The van der Waals surface area contributed by atoms with Gasteiger partial charge in [-0.15, -0.1) is 0 Å². The molecule has 1 atom stereocenters. The van der Waals surface area contributed by atoms with Crippen LogP contribution in [0.3, 0.4) is 0 Å². The van der Waals surface area contributed by atoms with Crippen LogP contribution in [0.2, 0.25) is 0 Å². The van der Waals surface area contributed by atoms with Crippen molar-refractivity contribution >= 4 is 12.0 Å². The molecule has 6 nitrogen and oxygen atoms in total. The van der Waals surface area contributed by atoms with E-state index in [1.165, 1.54) is 11.3 Å². The molecule has 122 valence electrons. The van der Waals surface area contributed by atoms with Gasteiger partial charge in [0.15, 0.2) is 0 Å². The molecule has 0 bridgehead atoms. The molecule has 1 aliphatic rings. The number of nitrogens with zero attached hydrogens (tertiary/aromatic N) is 3. The molecule has 1 aliphatic heterocycles. The highest BCUT2D eigenvalue weighted by Gasteiger charge is 2.38. The third-order valence-corrected chi connectivity index (χ3v) is 4.46. The van der Waals surface area contributed by atoms with Crippen LogP contribution in [0.4, 0.5) is 4.79 Å². The van der Waals surface area contributed by atoms with Gasteiger partial charge in [-0.25, -0.2) is 9.59 Å². The van der Waals surface area contributed by atoms with Crippen molar-refractivity contribution in [3.8, 4) is 0 Å². The molecule has 1 N–H and O–H groups in total. The van der Waals surface area contributed by atoms with Crippen molar-refractivity contribution in [1.29, 1.82) is 0 Å². The summed E-state index contributed by atoms with van der Waals surface area (Å²) in [5.41, 5.74) is -1.19. The summed E-state index contributed by atoms with van der Waals surface area (Å²) in [6.45, 7) is 10.2. The summed E-state index contributed by atoms with van der Waals surface area (Å²) < 4.78 is 0. The fraction of sp³-hybridized carbons (Fsp3) is 0.867. The van der Waals surface area contributed by atoms with Crippen LogP contribution in [0.15, 0.2) is 0 Å². The van der Waals surface area contributed by atoms with Gasteiger partial charge >= 0.3 is 12.0 Å². The quantitative estimate of drug-likeness (QED) is 0.811. The van der Waals surface area contributed by atoms with E-state index in [0.717, 1.165) is 19.5 Å². The molecule has 1 rings (SSSR count). The van der Waals surface area contributed by atoms with Crippen LogP contribution in [0.5, 0.6) is 0 Å². The van der Waals surface area contributed by atoms with Gasteiger partial charge in [-0.05, 0) is 46.7 Å². The van der Waals surface area contributed by atoms with Gasteiger partial charge in [0.2, 0.25) is 0 Å². The number of rotatable bonds is 6. The topological polar surface area (TPSA) is 64.1 Å². The van der Waals surface area contributed by atoms with E-state index < -0.39 is 11.5 Å². The number of carboxylic acid groups (broad SMARTS) is 1. The maximum Gasteiger partial charge on any atom is 0.329 e. The van der Waals surface area contributed by atoms with Gasteiger partial charge in [-0.1, -0.05) is 6.92 Å². The fourth-order valence-electron chi connectivity index (χ4n) is 3.00. The predicted molar refractivity (Wildman–Crippen MR) is 82.4 cm³/mol. The maximum atomic E-state index is 12.6. The maximum absolute atomic E-state index is 12.6. The summed E-state index contributed by atoms with van der Waals surface area (Å²) in [4.78, 5) is 29.4. The number of likely N-dealkylation sites (N-methyl/N-ethyl adjacent to an activating group) is 3. The highest BCUT2D eigenvalue weighted by Crippen LogP contribution is 2.20. The van der Waals surface area contributed by atoms with Crippen LogP contribution < -0.4 is 0 Å². The van der Waals surface area contributed by atoms with Crippen molar-refractivity contribution in [2.75, 3.05) is 33.2 Å². The number of hydrogen-bond acceptors (Lipinski definition) is 3. The van der Waals surface area contributed by atoms with Crippen molar-refractivity contribution in [1.82, 2.24) is 14.7 Å². The average molecular weight is 299 g/mol. The lowest BCUT2D eigenvalue weighted by molar-refractivity contribution is -0.147. The highest BCUT2D eigenvalue weighted by molar-refractivity contribution is 5.85. The van der Waals surface area contributed by atoms with E-state index in [0.29, 0.717) is 19.1 Å². The fourth-order valence-corrected chi connectivity index (χ4v) is 3.00. The normalized spacial score (nSPS) is 19.6. The summed E-state index contributed by atoms with van der Waals surface area (Å²) in [7, 11) is 1.76. The highest BCUT2D eigenvalue weighted by atomic mass is 16.4. The van der Waals surface area contributed by atoms with Crippen molar-refractivity contribution in [2.45, 2.75) is 52.1 Å². The first kappa shape index (κ1) is 17.8. The van der Waals surface area contributed by atoms with Crippen molar-refractivity contribution in [3.63, 3.8) is 0 Å². The first-order valence-corrected chi connectivity index (χ1v) is 7.75. The Kier molecular flexibility index (Phi) is 6.01. The van der Waals surface area contributed by atoms with E-state index in [4.69, 9.17) is 0 Å². The first-order chi connectivity index (χ1) is 9.75. The minimum absolute atomic E-state index is 0.215. The number of aliphatic carboxylic acids is 1. The van der Waals surface area contributed by atoms with Gasteiger partial charge in [0.1, 0.15) is 5.54 Å². The minimum atomic E-state index is -1.19. The molecule has 1 unspecified atom stereocenters. The Hall–Kier alpha value is -1.30. The van der Waals surface area contributed by atoms with Crippen molar-refractivity contribution in [3.05, 3.63) is 0 Å². The number of urea groups is 1.